The standard InChI is InChI=1S/C111H156O3/c1-7-13-19-25-31-37-43-79-49-61-85(62-50-79)91-73-97-100(76-94(91)88-67-55-82(56-68-88)46-40-34-28-22-16-10-4)109(112)106-103(97)107-105(98-74-92(86-63-51-80(52-64-86)44-38-32-26-20-14-8-2)95(77-101(98)110(107)113)89-69-57-83(58-70-89)47-41-35-29-23-17-11-5)108-104(106)99-75-93(87-65-53-81(54-66-87)45-39-33-27-21-15-9-3)96(78-102(99)111(108)114)90-71-59-84(60-72-90)48-42-36-30-24-18-12-6/h49-72,91-108H,7-48,73-78H2,1-6H3. The second-order valence-corrected chi connectivity index (χ2v) is 38.9. The topological polar surface area (TPSA) is 51.2 Å². The van der Waals surface area contributed by atoms with Crippen molar-refractivity contribution < 1.29 is 14.4 Å². The lowest BCUT2D eigenvalue weighted by atomic mass is 9.52. The van der Waals surface area contributed by atoms with Crippen molar-refractivity contribution in [3.8, 4) is 0 Å². The lowest BCUT2D eigenvalue weighted by molar-refractivity contribution is -0.138. The van der Waals surface area contributed by atoms with Gasteiger partial charge >= 0.3 is 0 Å². The Kier molecular flexibility index (Phi) is 33.6. The van der Waals surface area contributed by atoms with Gasteiger partial charge in [0, 0.05) is 35.5 Å². The molecule has 0 amide bonds. The number of hydrogen-bond acceptors (Lipinski definition) is 3. The second kappa shape index (κ2) is 44.4. The number of ketones is 3. The molecule has 12 unspecified atom stereocenters. The Morgan fingerprint density at radius 1 is 0.184 bits per heavy atom. The van der Waals surface area contributed by atoms with Crippen molar-refractivity contribution in [1.29, 1.82) is 0 Å². The fourth-order valence-electron chi connectivity index (χ4n) is 25.3. The number of fused-ring (bicyclic) bond motifs is 12. The van der Waals surface area contributed by atoms with Crippen molar-refractivity contribution >= 4 is 17.3 Å². The third-order valence-electron chi connectivity index (χ3n) is 31.5. The normalized spacial score (nSPS) is 27.5. The number of unbranched alkanes of at least 4 members (excludes halogenated alkanes) is 30. The molecule has 3 nitrogen and oxygen atoms in total. The highest BCUT2D eigenvalue weighted by Gasteiger charge is 2.74. The number of benzene rings is 6. The third kappa shape index (κ3) is 21.5. The average molecular weight is 1540 g/mol. The number of carbonyl (C=O) groups is 3. The first kappa shape index (κ1) is 86.2. The van der Waals surface area contributed by atoms with E-state index in [9.17, 15) is 0 Å². The van der Waals surface area contributed by atoms with E-state index >= 15 is 14.4 Å². The molecule has 7 fully saturated rings. The Hall–Kier alpha value is -5.67. The van der Waals surface area contributed by atoms with E-state index in [0.717, 1.165) is 77.0 Å². The van der Waals surface area contributed by atoms with Crippen LogP contribution >= 0.6 is 0 Å². The Labute approximate surface area is 696 Å². The van der Waals surface area contributed by atoms with E-state index in [4.69, 9.17) is 0 Å². The summed E-state index contributed by atoms with van der Waals surface area (Å²) in [6.07, 6.45) is 58.7. The zero-order chi connectivity index (χ0) is 79.0. The zero-order valence-electron chi connectivity index (χ0n) is 72.9. The summed E-state index contributed by atoms with van der Waals surface area (Å²) in [5.41, 5.74) is 17.0. The van der Waals surface area contributed by atoms with Crippen molar-refractivity contribution in [3.63, 3.8) is 0 Å². The highest BCUT2D eigenvalue weighted by molar-refractivity contribution is 5.97. The first-order valence-corrected chi connectivity index (χ1v) is 49.3. The van der Waals surface area contributed by atoms with E-state index in [1.807, 2.05) is 0 Å². The van der Waals surface area contributed by atoms with Crippen LogP contribution in [0.1, 0.15) is 413 Å². The summed E-state index contributed by atoms with van der Waals surface area (Å²) < 4.78 is 0. The number of rotatable bonds is 48. The molecule has 0 N–H and O–H groups in total. The lowest BCUT2D eigenvalue weighted by Crippen LogP contribution is -2.50. The number of aryl methyl sites for hydroxylation is 6. The van der Waals surface area contributed by atoms with Crippen molar-refractivity contribution in [2.45, 2.75) is 385 Å². The van der Waals surface area contributed by atoms with Crippen LogP contribution in [0.4, 0.5) is 0 Å². The molecule has 0 saturated heterocycles. The Balaban J connectivity index is 0.882. The fraction of sp³-hybridized carbons (Fsp3) is 0.649. The fourth-order valence-corrected chi connectivity index (χ4v) is 25.3. The maximum absolute atomic E-state index is 17.2. The summed E-state index contributed by atoms with van der Waals surface area (Å²) in [6, 6.07) is 59.3. The molecule has 7 saturated carbocycles. The van der Waals surface area contributed by atoms with Gasteiger partial charge < -0.3 is 0 Å². The minimum atomic E-state index is -0.281. The molecular formula is C111H156O3. The highest BCUT2D eigenvalue weighted by Crippen LogP contribution is 2.73. The molecule has 114 heavy (non-hydrogen) atoms. The van der Waals surface area contributed by atoms with Crippen molar-refractivity contribution in [3.05, 3.63) is 212 Å². The predicted molar refractivity (Wildman–Crippen MR) is 482 cm³/mol. The van der Waals surface area contributed by atoms with Crippen LogP contribution < -0.4 is 0 Å². The molecule has 0 bridgehead atoms. The molecule has 0 aliphatic heterocycles. The molecule has 7 aliphatic carbocycles. The van der Waals surface area contributed by atoms with Gasteiger partial charge in [-0.1, -0.05) is 380 Å². The van der Waals surface area contributed by atoms with Crippen LogP contribution in [0, 0.1) is 71.0 Å². The number of Topliss-reactive ketones (excluding diaryl/α,β-unsaturated/α-hetero) is 3. The zero-order valence-corrected chi connectivity index (χ0v) is 72.9. The SMILES string of the molecule is CCCCCCCCc1ccc(C2CC3C(=O)C4C(C3CC2c2ccc(CCCCCCCC)cc2)C2C(=O)C3CC(c5ccc(CCCCCCCC)cc5)C(c5ccc(CCCCCCCC)cc5)CC3C2C2C(=O)C3CC(c5ccc(CCCCCCCC)cc5)C(c5ccc(CCCCCCCC)cc5)CC3C42)cc1. The molecule has 618 valence electrons. The van der Waals surface area contributed by atoms with Gasteiger partial charge in [0.25, 0.3) is 0 Å². The van der Waals surface area contributed by atoms with Gasteiger partial charge in [0.05, 0.1) is 0 Å². The molecule has 6 aromatic rings. The van der Waals surface area contributed by atoms with Crippen LogP contribution in [0.15, 0.2) is 146 Å². The van der Waals surface area contributed by atoms with Crippen LogP contribution in [0.25, 0.3) is 0 Å². The summed E-state index contributed by atoms with van der Waals surface area (Å²) in [7, 11) is 0. The van der Waals surface area contributed by atoms with Crippen LogP contribution in [-0.4, -0.2) is 17.3 Å². The predicted octanol–water partition coefficient (Wildman–Crippen LogP) is 30.6. The molecule has 3 heteroatoms. The Bertz CT molecular complexity index is 3390. The van der Waals surface area contributed by atoms with Gasteiger partial charge in [0.2, 0.25) is 0 Å². The van der Waals surface area contributed by atoms with Gasteiger partial charge in [-0.05, 0) is 253 Å². The van der Waals surface area contributed by atoms with Crippen LogP contribution in [-0.2, 0) is 52.9 Å². The van der Waals surface area contributed by atoms with E-state index in [1.54, 1.807) is 0 Å². The Morgan fingerprint density at radius 3 is 0.500 bits per heavy atom. The van der Waals surface area contributed by atoms with Gasteiger partial charge in [0.1, 0.15) is 17.3 Å². The van der Waals surface area contributed by atoms with Crippen LogP contribution in [0.5, 0.6) is 0 Å². The molecule has 0 heterocycles. The molecule has 0 radical (unpaired) electrons. The average Bonchev–Trinajstić information content (AvgIpc) is 1.51. The summed E-state index contributed by atoms with van der Waals surface area (Å²) >= 11 is 0. The van der Waals surface area contributed by atoms with E-state index in [1.165, 1.54) is 298 Å². The molecule has 0 aromatic heterocycles. The summed E-state index contributed by atoms with van der Waals surface area (Å²) in [5, 5.41) is 0. The quantitative estimate of drug-likeness (QED) is 0.0358. The van der Waals surface area contributed by atoms with E-state index in [2.05, 4.69) is 187 Å². The van der Waals surface area contributed by atoms with E-state index in [-0.39, 0.29) is 107 Å². The summed E-state index contributed by atoms with van der Waals surface area (Å²) in [4.78, 5) is 51.6. The van der Waals surface area contributed by atoms with Gasteiger partial charge in [-0.2, -0.15) is 0 Å². The van der Waals surface area contributed by atoms with E-state index in [0.29, 0.717) is 17.3 Å². The van der Waals surface area contributed by atoms with Crippen LogP contribution in [0.2, 0.25) is 0 Å². The maximum atomic E-state index is 17.2. The number of hydrogen-bond donors (Lipinski definition) is 0. The highest BCUT2D eigenvalue weighted by atomic mass is 16.1. The monoisotopic (exact) mass is 1540 g/mol. The Morgan fingerprint density at radius 2 is 0.333 bits per heavy atom. The summed E-state index contributed by atoms with van der Waals surface area (Å²) in [6.45, 7) is 13.9. The first-order chi connectivity index (χ1) is 56.1. The molecular weight excluding hydrogens is 1380 g/mol. The van der Waals surface area contributed by atoms with Gasteiger partial charge in [-0.25, -0.2) is 0 Å². The molecule has 6 aromatic carbocycles. The molecule has 12 atom stereocenters. The van der Waals surface area contributed by atoms with Gasteiger partial charge in [0.15, 0.2) is 0 Å². The van der Waals surface area contributed by atoms with Gasteiger partial charge in [-0.3, -0.25) is 14.4 Å². The smallest absolute Gasteiger partial charge is 0.139 e. The van der Waals surface area contributed by atoms with Crippen molar-refractivity contribution in [1.82, 2.24) is 0 Å². The molecule has 13 rings (SSSR count). The van der Waals surface area contributed by atoms with E-state index < -0.39 is 0 Å². The largest absolute Gasteiger partial charge is 0.299 e. The minimum Gasteiger partial charge on any atom is -0.299 e. The third-order valence-corrected chi connectivity index (χ3v) is 31.5. The summed E-state index contributed by atoms with van der Waals surface area (Å²) in [5.74, 6) is 1.46. The van der Waals surface area contributed by atoms with Crippen molar-refractivity contribution in [2.75, 3.05) is 0 Å². The number of carbonyl (C=O) groups excluding carboxylic acids is 3. The van der Waals surface area contributed by atoms with Crippen LogP contribution in [0.3, 0.4) is 0 Å². The first-order valence-electron chi connectivity index (χ1n) is 49.3. The molecule has 0 spiro atoms. The van der Waals surface area contributed by atoms with Gasteiger partial charge in [-0.15, -0.1) is 0 Å². The van der Waals surface area contributed by atoms with Crippen molar-refractivity contribution in [2.24, 2.45) is 71.0 Å². The maximum Gasteiger partial charge on any atom is 0.139 e. The minimum absolute atomic E-state index is 0.0513. The lowest BCUT2D eigenvalue weighted by Gasteiger charge is -2.50. The molecule has 7 aliphatic rings. The second-order valence-electron chi connectivity index (χ2n) is 38.9.